The van der Waals surface area contributed by atoms with E-state index in [9.17, 15) is 57.5 Å². The van der Waals surface area contributed by atoms with Crippen LogP contribution in [0.1, 0.15) is 10.4 Å². The summed E-state index contributed by atoms with van der Waals surface area (Å²) in [5.74, 6) is -71.3. The summed E-state index contributed by atoms with van der Waals surface area (Å²) >= 11 is 4.49. The van der Waals surface area contributed by atoms with Crippen LogP contribution in [0, 0.1) is 116 Å². The summed E-state index contributed by atoms with van der Waals surface area (Å²) in [6.07, 6.45) is -1.96. The van der Waals surface area contributed by atoms with Gasteiger partial charge in [0.15, 0.2) is 76.0 Å². The minimum atomic E-state index is -7.22. The van der Waals surface area contributed by atoms with Crippen LogP contribution in [0.25, 0.3) is 11.3 Å². The average Bonchev–Trinajstić information content (AvgIpc) is 3.32. The zero-order chi connectivity index (χ0) is 49.7. The lowest BCUT2D eigenvalue weighted by Crippen LogP contribution is -2.81. The predicted octanol–water partition coefficient (Wildman–Crippen LogP) is 9.05. The third-order valence-corrected chi connectivity index (χ3v) is 10.5. The van der Waals surface area contributed by atoms with E-state index in [-0.39, 0.29) is 12.3 Å². The van der Waals surface area contributed by atoms with E-state index >= 15 is 35.1 Å². The Morgan fingerprint density at radius 2 is 0.731 bits per heavy atom. The third-order valence-electron chi connectivity index (χ3n) is 10.1. The predicted molar refractivity (Wildman–Crippen MR) is 197 cm³/mol. The van der Waals surface area contributed by atoms with E-state index < -0.39 is 144 Å². The lowest BCUT2D eigenvalue weighted by atomic mass is 9.12. The first-order valence-electron chi connectivity index (χ1n) is 17.9. The lowest BCUT2D eigenvalue weighted by Gasteiger charge is -2.44. The molecular formula is C42H15BF20N2OS. The molecule has 1 heterocycles. The Balaban J connectivity index is 0.000000279. The van der Waals surface area contributed by atoms with Crippen molar-refractivity contribution in [1.29, 1.82) is 0 Å². The average molecular weight is 986 g/mol. The van der Waals surface area contributed by atoms with Crippen LogP contribution in [0.5, 0.6) is 0 Å². The van der Waals surface area contributed by atoms with E-state index in [1.165, 1.54) is 0 Å². The molecule has 0 atom stereocenters. The van der Waals surface area contributed by atoms with Gasteiger partial charge in [0.1, 0.15) is 52.7 Å². The fourth-order valence-corrected chi connectivity index (χ4v) is 7.46. The van der Waals surface area contributed by atoms with E-state index in [2.05, 4.69) is 17.6 Å². The number of carbonyl (C=O) groups excluding carboxylic acids is 1. The van der Waals surface area contributed by atoms with Crippen molar-refractivity contribution in [3.63, 3.8) is 0 Å². The Kier molecular flexibility index (Phi) is 13.9. The molecule has 0 aliphatic heterocycles. The van der Waals surface area contributed by atoms with Gasteiger partial charge in [-0.25, -0.2) is 87.8 Å². The molecule has 7 aromatic rings. The highest BCUT2D eigenvalue weighted by atomic mass is 32.1. The maximum absolute atomic E-state index is 15.4. The van der Waals surface area contributed by atoms with Crippen molar-refractivity contribution in [1.82, 2.24) is 4.98 Å². The topological polar surface area (TPSA) is 33.8 Å². The molecule has 348 valence electrons. The molecule has 1 aromatic heterocycles. The molecule has 0 radical (unpaired) electrons. The Hall–Kier alpha value is -6.92. The van der Waals surface area contributed by atoms with Gasteiger partial charge < -0.3 is 0 Å². The van der Waals surface area contributed by atoms with Gasteiger partial charge in [0, 0.05) is 10.5 Å². The van der Waals surface area contributed by atoms with Gasteiger partial charge in [0.25, 0.3) is 0 Å². The summed E-state index contributed by atoms with van der Waals surface area (Å²) in [4.78, 5) is 17.5. The maximum Gasteiger partial charge on any atom is 0.232 e. The van der Waals surface area contributed by atoms with Crippen LogP contribution in [0.15, 0.2) is 78.1 Å². The Morgan fingerprint density at radius 3 is 1.06 bits per heavy atom. The maximum atomic E-state index is 15.4. The Bertz CT molecular complexity index is 2780. The molecule has 7 rings (SSSR count). The fraction of sp³-hybridized carbons (Fsp3) is 0.0238. The molecule has 0 unspecified atom stereocenters. The van der Waals surface area contributed by atoms with Crippen LogP contribution in [0.2, 0.25) is 0 Å². The minimum Gasteiger partial charge on any atom is -0.287 e. The van der Waals surface area contributed by atoms with Crippen molar-refractivity contribution in [2.45, 2.75) is 11.4 Å². The summed E-state index contributed by atoms with van der Waals surface area (Å²) in [5.41, 5.74) is -11.8. The van der Waals surface area contributed by atoms with Crippen molar-refractivity contribution in [2.75, 3.05) is 0 Å². The number of halogens is 20. The molecule has 67 heavy (non-hydrogen) atoms. The molecule has 0 spiro atoms. The number of rotatable bonds is 8. The number of benzene rings is 6. The summed E-state index contributed by atoms with van der Waals surface area (Å²) < 4.78 is 296. The first-order chi connectivity index (χ1) is 31.5. The molecule has 0 fully saturated rings. The highest BCUT2D eigenvalue weighted by molar-refractivity contribution is 7.80. The number of carbonyl (C=O) groups is 1. The molecule has 0 aliphatic rings. The van der Waals surface area contributed by atoms with Crippen LogP contribution >= 0.6 is 12.6 Å². The number of ketones is 1. The number of hydrogen-bond donors (Lipinski definition) is 1. The number of thiol groups is 1. The molecule has 0 bridgehead atoms. The molecule has 0 aliphatic carbocycles. The number of Topliss-reactive ketones (excluding diaryl/α,β-unsaturated/α-hetero) is 1. The van der Waals surface area contributed by atoms with Gasteiger partial charge in [-0.1, -0.05) is 42.5 Å². The van der Waals surface area contributed by atoms with Crippen LogP contribution in [-0.4, -0.2) is 16.9 Å². The second-order valence-corrected chi connectivity index (χ2v) is 14.2. The van der Waals surface area contributed by atoms with E-state index in [0.717, 1.165) is 16.2 Å². The van der Waals surface area contributed by atoms with Gasteiger partial charge in [-0.3, -0.25) is 9.78 Å². The van der Waals surface area contributed by atoms with Crippen molar-refractivity contribution >= 4 is 46.4 Å². The summed E-state index contributed by atoms with van der Waals surface area (Å²) in [5, 5.41) is 0. The molecule has 0 amide bonds. The minimum absolute atomic E-state index is 0.0645. The van der Waals surface area contributed by atoms with Crippen LogP contribution in [-0.2, 0) is 6.54 Å². The highest BCUT2D eigenvalue weighted by Gasteiger charge is 2.52. The fourth-order valence-electron chi connectivity index (χ4n) is 7.18. The molecule has 0 N–H and O–H groups in total. The Labute approximate surface area is 365 Å². The van der Waals surface area contributed by atoms with E-state index in [1.54, 1.807) is 12.4 Å². The quantitative estimate of drug-likeness (QED) is 0.0314. The highest BCUT2D eigenvalue weighted by Crippen LogP contribution is 2.31. The number of hydrogen-bond acceptors (Lipinski definition) is 3. The van der Waals surface area contributed by atoms with E-state index in [1.807, 2.05) is 65.4 Å². The third kappa shape index (κ3) is 8.01. The van der Waals surface area contributed by atoms with Crippen molar-refractivity contribution in [3.05, 3.63) is 195 Å². The van der Waals surface area contributed by atoms with Gasteiger partial charge in [0.05, 0.1) is 18.0 Å². The second kappa shape index (κ2) is 18.8. The lowest BCUT2D eigenvalue weighted by molar-refractivity contribution is -0.672. The van der Waals surface area contributed by atoms with Gasteiger partial charge in [-0.15, -0.1) is 34.5 Å². The smallest absolute Gasteiger partial charge is 0.232 e. The van der Waals surface area contributed by atoms with Crippen LogP contribution in [0.4, 0.5) is 87.8 Å². The van der Waals surface area contributed by atoms with Crippen molar-refractivity contribution < 1.29 is 97.2 Å². The Morgan fingerprint density at radius 1 is 0.433 bits per heavy atom. The molecular weight excluding hydrogens is 971 g/mol. The van der Waals surface area contributed by atoms with Gasteiger partial charge in [-0.05, 0) is 12.1 Å². The van der Waals surface area contributed by atoms with Gasteiger partial charge >= 0.3 is 0 Å². The zero-order valence-corrected chi connectivity index (χ0v) is 32.9. The second-order valence-electron chi connectivity index (χ2n) is 13.7. The van der Waals surface area contributed by atoms with Gasteiger partial charge in [-0.2, -0.15) is 4.57 Å². The largest absolute Gasteiger partial charge is 0.287 e. The first kappa shape index (κ1) is 49.5. The van der Waals surface area contributed by atoms with Crippen LogP contribution in [0.3, 0.4) is 0 Å². The van der Waals surface area contributed by atoms with Gasteiger partial charge in [0.2, 0.25) is 18.0 Å². The normalized spacial score (nSPS) is 11.5. The first-order valence-corrected chi connectivity index (χ1v) is 18.3. The standard InChI is InChI=1S/C24BF20.C18H14N2OS/c26-5-1(6(27)14(35)21(42)13(5)34)25(2-7(28)15(36)22(43)16(37)8(2)29,3-9(30)17(38)23(44)18(39)10(3)31)4-11(32)19(40)24(45)20(41)12(4)33;21-17(14-6-2-1-3-7-14)13-20-11-10-19-12-16(20)15-8-4-5-9-18(15)22/h;1-12H,13H2/q-1;/p+1. The van der Waals surface area contributed by atoms with Crippen molar-refractivity contribution in [3.8, 4) is 11.3 Å². The van der Waals surface area contributed by atoms with E-state index in [0.29, 0.717) is 5.56 Å². The zero-order valence-electron chi connectivity index (χ0n) is 32.0. The summed E-state index contributed by atoms with van der Waals surface area (Å²) in [6.45, 7) is 0.268. The van der Waals surface area contributed by atoms with E-state index in [4.69, 9.17) is 0 Å². The number of aromatic nitrogens is 2. The molecule has 6 aromatic carbocycles. The molecule has 0 saturated carbocycles. The van der Waals surface area contributed by atoms with Crippen molar-refractivity contribution in [2.24, 2.45) is 0 Å². The SMILES string of the molecule is Fc1c(F)c(F)c([B-](c2c(F)c(F)c(F)c(F)c2F)(c2c(F)c(F)c(F)c(F)c2F)c2c(F)c(F)c(F)c(F)c2F)c(F)c1F.O=C(C[n+]1ccncc1-c1ccccc1S)c1ccccc1. The molecule has 3 nitrogen and oxygen atoms in total. The summed E-state index contributed by atoms with van der Waals surface area (Å²) in [7, 11) is 0. The molecule has 25 heteroatoms. The number of nitrogens with zero attached hydrogens (tertiary/aromatic N) is 2. The monoisotopic (exact) mass is 986 g/mol. The molecule has 0 saturated heterocycles. The summed E-state index contributed by atoms with van der Waals surface area (Å²) in [6, 6.07) is 17.1. The van der Waals surface area contributed by atoms with Crippen LogP contribution < -0.4 is 26.4 Å².